The van der Waals surface area contributed by atoms with Crippen molar-refractivity contribution in [2.45, 2.75) is 47.5 Å². The van der Waals surface area contributed by atoms with Gasteiger partial charge in [0.1, 0.15) is 0 Å². The Kier molecular flexibility index (Phi) is 5.54. The zero-order valence-electron chi connectivity index (χ0n) is 16.0. The fourth-order valence-electron chi connectivity index (χ4n) is 2.69. The molecule has 24 heavy (non-hydrogen) atoms. The Morgan fingerprint density at radius 2 is 1.83 bits per heavy atom. The van der Waals surface area contributed by atoms with E-state index in [1.54, 1.807) is 0 Å². The van der Waals surface area contributed by atoms with Crippen LogP contribution in [-0.4, -0.2) is 0 Å². The molecule has 1 aliphatic rings. The Morgan fingerprint density at radius 3 is 2.46 bits per heavy atom. The maximum Gasteiger partial charge on any atom is 0.0416 e. The van der Waals surface area contributed by atoms with Gasteiger partial charge < -0.3 is 5.32 Å². The predicted molar refractivity (Wildman–Crippen MR) is 107 cm³/mol. The van der Waals surface area contributed by atoms with Crippen molar-refractivity contribution >= 4 is 5.69 Å². The number of benzene rings is 1. The van der Waals surface area contributed by atoms with Gasteiger partial charge in [-0.1, -0.05) is 83.7 Å². The quantitative estimate of drug-likeness (QED) is 0.632. The lowest BCUT2D eigenvalue weighted by molar-refractivity contribution is 0.383. The van der Waals surface area contributed by atoms with Crippen molar-refractivity contribution in [3.63, 3.8) is 0 Å². The molecular formula is C23H31N. The summed E-state index contributed by atoms with van der Waals surface area (Å²) in [7, 11) is 0. The second-order valence-electron chi connectivity index (χ2n) is 7.67. The van der Waals surface area contributed by atoms with Gasteiger partial charge >= 0.3 is 0 Å². The average molecular weight is 322 g/mol. The molecule has 0 saturated heterocycles. The van der Waals surface area contributed by atoms with E-state index in [0.29, 0.717) is 11.8 Å². The number of hydrogen-bond acceptors (Lipinski definition) is 1. The molecule has 1 atom stereocenters. The van der Waals surface area contributed by atoms with Crippen molar-refractivity contribution in [2.24, 2.45) is 11.3 Å². The van der Waals surface area contributed by atoms with E-state index in [2.05, 4.69) is 102 Å². The van der Waals surface area contributed by atoms with E-state index in [0.717, 1.165) is 17.0 Å². The summed E-state index contributed by atoms with van der Waals surface area (Å²) in [6.45, 7) is 17.6. The van der Waals surface area contributed by atoms with Crippen LogP contribution in [0.5, 0.6) is 0 Å². The standard InChI is InChI=1S/C23H31N/c1-16(2)21-11-10-18(5)22(15-21)24-19(6)20-9-8-13-23(7,14-12-20)17(3)4/h8-17,24H,6H2,1-5,7H3. The van der Waals surface area contributed by atoms with E-state index in [-0.39, 0.29) is 5.41 Å². The minimum atomic E-state index is 0.0893. The number of allylic oxidation sites excluding steroid dienone is 5. The molecule has 2 rings (SSSR count). The largest absolute Gasteiger partial charge is 0.355 e. The minimum Gasteiger partial charge on any atom is -0.355 e. The monoisotopic (exact) mass is 321 g/mol. The predicted octanol–water partition coefficient (Wildman–Crippen LogP) is 6.76. The smallest absolute Gasteiger partial charge is 0.0416 e. The van der Waals surface area contributed by atoms with Crippen molar-refractivity contribution in [1.29, 1.82) is 0 Å². The first-order valence-electron chi connectivity index (χ1n) is 8.88. The molecule has 0 aliphatic heterocycles. The van der Waals surface area contributed by atoms with E-state index in [4.69, 9.17) is 0 Å². The number of hydrogen-bond donors (Lipinski definition) is 1. The maximum absolute atomic E-state index is 4.26. The Morgan fingerprint density at radius 1 is 1.12 bits per heavy atom. The van der Waals surface area contributed by atoms with Crippen LogP contribution in [-0.2, 0) is 0 Å². The molecule has 1 aromatic rings. The highest BCUT2D eigenvalue weighted by Gasteiger charge is 2.22. The summed E-state index contributed by atoms with van der Waals surface area (Å²) in [6.07, 6.45) is 11.0. The maximum atomic E-state index is 4.26. The van der Waals surface area contributed by atoms with Crippen LogP contribution in [0.4, 0.5) is 5.69 Å². The Bertz CT molecular complexity index is 701. The molecule has 0 fully saturated rings. The van der Waals surface area contributed by atoms with Crippen LogP contribution < -0.4 is 5.32 Å². The molecule has 0 saturated carbocycles. The van der Waals surface area contributed by atoms with E-state index in [1.165, 1.54) is 11.1 Å². The number of nitrogens with one attached hydrogen (secondary N) is 1. The fourth-order valence-corrected chi connectivity index (χ4v) is 2.69. The van der Waals surface area contributed by atoms with Crippen molar-refractivity contribution in [3.05, 3.63) is 77.6 Å². The summed E-state index contributed by atoms with van der Waals surface area (Å²) in [6, 6.07) is 6.62. The zero-order chi connectivity index (χ0) is 17.9. The Labute approximate surface area is 147 Å². The highest BCUT2D eigenvalue weighted by atomic mass is 14.9. The second-order valence-corrected chi connectivity index (χ2v) is 7.67. The Hall–Kier alpha value is -2.02. The third-order valence-electron chi connectivity index (χ3n) is 5.16. The molecule has 1 aromatic carbocycles. The summed E-state index contributed by atoms with van der Waals surface area (Å²) in [5.74, 6) is 1.08. The van der Waals surface area contributed by atoms with Crippen molar-refractivity contribution in [1.82, 2.24) is 0 Å². The van der Waals surface area contributed by atoms with Crippen LogP contribution in [0.1, 0.15) is 51.7 Å². The molecule has 0 amide bonds. The highest BCUT2D eigenvalue weighted by Crippen LogP contribution is 2.33. The SMILES string of the molecule is C=C(Nc1cc(C(C)C)ccc1C)C1=CC=CC(C)(C(C)C)C=C1. The fraction of sp³-hybridized carbons (Fsp3) is 0.391. The number of aryl methyl sites for hydroxylation is 1. The zero-order valence-corrected chi connectivity index (χ0v) is 16.0. The first-order valence-corrected chi connectivity index (χ1v) is 8.88. The van der Waals surface area contributed by atoms with Gasteiger partial charge in [-0.15, -0.1) is 0 Å². The molecule has 0 radical (unpaired) electrons. The highest BCUT2D eigenvalue weighted by molar-refractivity contribution is 5.61. The second kappa shape index (κ2) is 7.25. The molecule has 0 spiro atoms. The van der Waals surface area contributed by atoms with E-state index < -0.39 is 0 Å². The molecule has 1 unspecified atom stereocenters. The molecule has 0 aromatic heterocycles. The van der Waals surface area contributed by atoms with Gasteiger partial charge in [-0.2, -0.15) is 0 Å². The van der Waals surface area contributed by atoms with Gasteiger partial charge in [0, 0.05) is 16.8 Å². The number of rotatable bonds is 5. The molecule has 1 aliphatic carbocycles. The first-order chi connectivity index (χ1) is 11.2. The van der Waals surface area contributed by atoms with Crippen LogP contribution in [0.25, 0.3) is 0 Å². The van der Waals surface area contributed by atoms with Gasteiger partial charge in [0.05, 0.1) is 0 Å². The van der Waals surface area contributed by atoms with Gasteiger partial charge in [-0.3, -0.25) is 0 Å². The van der Waals surface area contributed by atoms with Crippen molar-refractivity contribution in [2.75, 3.05) is 5.32 Å². The van der Waals surface area contributed by atoms with E-state index in [9.17, 15) is 0 Å². The summed E-state index contributed by atoms with van der Waals surface area (Å²) in [5, 5.41) is 3.51. The normalized spacial score (nSPS) is 20.2. The minimum absolute atomic E-state index is 0.0893. The van der Waals surface area contributed by atoms with Gasteiger partial charge in [0.15, 0.2) is 0 Å². The van der Waals surface area contributed by atoms with Gasteiger partial charge in [-0.05, 0) is 41.5 Å². The molecular weight excluding hydrogens is 290 g/mol. The van der Waals surface area contributed by atoms with Gasteiger partial charge in [-0.25, -0.2) is 0 Å². The lowest BCUT2D eigenvalue weighted by atomic mass is 9.79. The molecule has 128 valence electrons. The lowest BCUT2D eigenvalue weighted by Crippen LogP contribution is -2.17. The third-order valence-corrected chi connectivity index (χ3v) is 5.16. The molecule has 1 heteroatoms. The van der Waals surface area contributed by atoms with E-state index in [1.807, 2.05) is 0 Å². The lowest BCUT2D eigenvalue weighted by Gasteiger charge is -2.26. The topological polar surface area (TPSA) is 12.0 Å². The molecule has 0 bridgehead atoms. The van der Waals surface area contributed by atoms with Crippen LogP contribution >= 0.6 is 0 Å². The Balaban J connectivity index is 2.21. The number of anilines is 1. The van der Waals surface area contributed by atoms with Crippen molar-refractivity contribution < 1.29 is 0 Å². The van der Waals surface area contributed by atoms with Crippen LogP contribution in [0.2, 0.25) is 0 Å². The third kappa shape index (κ3) is 4.08. The molecule has 1 N–H and O–H groups in total. The molecule has 0 heterocycles. The van der Waals surface area contributed by atoms with Crippen molar-refractivity contribution in [3.8, 4) is 0 Å². The van der Waals surface area contributed by atoms with Crippen LogP contribution in [0.15, 0.2) is 66.4 Å². The average Bonchev–Trinajstić information content (AvgIpc) is 2.72. The summed E-state index contributed by atoms with van der Waals surface area (Å²) >= 11 is 0. The van der Waals surface area contributed by atoms with Crippen LogP contribution in [0.3, 0.4) is 0 Å². The first kappa shape index (κ1) is 18.3. The summed E-state index contributed by atoms with van der Waals surface area (Å²) in [4.78, 5) is 0. The van der Waals surface area contributed by atoms with Gasteiger partial charge in [0.2, 0.25) is 0 Å². The molecule has 1 nitrogen and oxygen atoms in total. The van der Waals surface area contributed by atoms with Gasteiger partial charge in [0.25, 0.3) is 0 Å². The van der Waals surface area contributed by atoms with Crippen LogP contribution in [0, 0.1) is 18.3 Å². The van der Waals surface area contributed by atoms with E-state index >= 15 is 0 Å². The summed E-state index contributed by atoms with van der Waals surface area (Å²) in [5.41, 5.74) is 5.87. The summed E-state index contributed by atoms with van der Waals surface area (Å²) < 4.78 is 0.